The van der Waals surface area contributed by atoms with E-state index in [9.17, 15) is 19.7 Å². The Hall–Kier alpha value is -4.20. The van der Waals surface area contributed by atoms with E-state index in [0.29, 0.717) is 13.1 Å². The second-order valence-corrected chi connectivity index (χ2v) is 7.36. The standard InChI is InChI=1S/C25H24N2O6/c1-18(33-25(29)21-13-14-23(32-2)22(15-21)27(30)31)24(28)26(16-19-9-5-3-6-10-19)17-20-11-7-4-8-12-20/h3-15,18H,16-17H2,1-2H3/t18-/m1/s1. The summed E-state index contributed by atoms with van der Waals surface area (Å²) in [6.45, 7) is 2.16. The summed E-state index contributed by atoms with van der Waals surface area (Å²) in [7, 11) is 1.30. The molecule has 0 saturated carbocycles. The Balaban J connectivity index is 1.77. The summed E-state index contributed by atoms with van der Waals surface area (Å²) >= 11 is 0. The topological polar surface area (TPSA) is 99.0 Å². The average Bonchev–Trinajstić information content (AvgIpc) is 2.83. The van der Waals surface area contributed by atoms with Gasteiger partial charge in [-0.05, 0) is 30.2 Å². The van der Waals surface area contributed by atoms with E-state index in [0.717, 1.165) is 17.2 Å². The third-order valence-electron chi connectivity index (χ3n) is 4.99. The zero-order valence-corrected chi connectivity index (χ0v) is 18.3. The van der Waals surface area contributed by atoms with Gasteiger partial charge >= 0.3 is 11.7 Å². The van der Waals surface area contributed by atoms with Gasteiger partial charge < -0.3 is 14.4 Å². The smallest absolute Gasteiger partial charge is 0.339 e. The van der Waals surface area contributed by atoms with Gasteiger partial charge in [0.2, 0.25) is 0 Å². The number of carbonyl (C=O) groups excluding carboxylic acids is 2. The Morgan fingerprint density at radius 1 is 0.939 bits per heavy atom. The third-order valence-corrected chi connectivity index (χ3v) is 4.99. The lowest BCUT2D eigenvalue weighted by Gasteiger charge is -2.26. The molecule has 8 nitrogen and oxygen atoms in total. The van der Waals surface area contributed by atoms with E-state index in [1.165, 1.54) is 26.2 Å². The first-order valence-electron chi connectivity index (χ1n) is 10.3. The van der Waals surface area contributed by atoms with Crippen LogP contribution in [0.4, 0.5) is 5.69 Å². The molecule has 0 bridgehead atoms. The fraction of sp³-hybridized carbons (Fsp3) is 0.200. The van der Waals surface area contributed by atoms with Crippen LogP contribution < -0.4 is 4.74 Å². The van der Waals surface area contributed by atoms with Gasteiger partial charge in [0.15, 0.2) is 11.9 Å². The van der Waals surface area contributed by atoms with Crippen molar-refractivity contribution >= 4 is 17.6 Å². The number of methoxy groups -OCH3 is 1. The number of rotatable bonds is 9. The van der Waals surface area contributed by atoms with E-state index < -0.39 is 17.0 Å². The van der Waals surface area contributed by atoms with Gasteiger partial charge in [-0.25, -0.2) is 4.79 Å². The van der Waals surface area contributed by atoms with Gasteiger partial charge in [0, 0.05) is 19.2 Å². The van der Waals surface area contributed by atoms with Crippen LogP contribution in [0.3, 0.4) is 0 Å². The molecule has 0 aliphatic heterocycles. The first kappa shape index (κ1) is 23.5. The number of nitro groups is 1. The molecule has 0 saturated heterocycles. The molecule has 3 aromatic rings. The molecule has 33 heavy (non-hydrogen) atoms. The highest BCUT2D eigenvalue weighted by molar-refractivity contribution is 5.93. The molecule has 0 N–H and O–H groups in total. The van der Waals surface area contributed by atoms with Gasteiger partial charge in [0.05, 0.1) is 17.6 Å². The highest BCUT2D eigenvalue weighted by Crippen LogP contribution is 2.28. The Bertz CT molecular complexity index is 1080. The molecule has 0 aromatic heterocycles. The van der Waals surface area contributed by atoms with Crippen molar-refractivity contribution < 1.29 is 24.0 Å². The summed E-state index contributed by atoms with van der Waals surface area (Å²) in [6.07, 6.45) is -1.09. The van der Waals surface area contributed by atoms with Crippen molar-refractivity contribution in [3.63, 3.8) is 0 Å². The molecular weight excluding hydrogens is 424 g/mol. The zero-order chi connectivity index (χ0) is 23.8. The normalized spacial score (nSPS) is 11.3. The molecular formula is C25H24N2O6. The number of nitro benzene ring substituents is 1. The molecule has 0 radical (unpaired) electrons. The van der Waals surface area contributed by atoms with Crippen LogP contribution in [-0.4, -0.2) is 34.9 Å². The van der Waals surface area contributed by atoms with Crippen LogP contribution in [0.5, 0.6) is 5.75 Å². The number of esters is 1. The second-order valence-electron chi connectivity index (χ2n) is 7.36. The first-order chi connectivity index (χ1) is 15.9. The van der Waals surface area contributed by atoms with Crippen LogP contribution in [0.1, 0.15) is 28.4 Å². The van der Waals surface area contributed by atoms with Gasteiger partial charge in [-0.1, -0.05) is 60.7 Å². The number of hydrogen-bond donors (Lipinski definition) is 0. The molecule has 3 aromatic carbocycles. The molecule has 170 valence electrons. The van der Waals surface area contributed by atoms with Crippen molar-refractivity contribution in [1.29, 1.82) is 0 Å². The molecule has 0 fully saturated rings. The number of carbonyl (C=O) groups is 2. The highest BCUT2D eigenvalue weighted by Gasteiger charge is 2.26. The van der Waals surface area contributed by atoms with E-state index >= 15 is 0 Å². The lowest BCUT2D eigenvalue weighted by molar-refractivity contribution is -0.385. The lowest BCUT2D eigenvalue weighted by atomic mass is 10.1. The average molecular weight is 448 g/mol. The Labute approximate surface area is 191 Å². The first-order valence-corrected chi connectivity index (χ1v) is 10.3. The van der Waals surface area contributed by atoms with Crippen LogP contribution in [-0.2, 0) is 22.6 Å². The van der Waals surface area contributed by atoms with Crippen molar-refractivity contribution in [2.75, 3.05) is 7.11 Å². The van der Waals surface area contributed by atoms with Crippen LogP contribution in [0, 0.1) is 10.1 Å². The van der Waals surface area contributed by atoms with Crippen LogP contribution in [0.15, 0.2) is 78.9 Å². The minimum atomic E-state index is -1.09. The van der Waals surface area contributed by atoms with Crippen molar-refractivity contribution in [2.45, 2.75) is 26.1 Å². The molecule has 1 amide bonds. The van der Waals surface area contributed by atoms with Crippen molar-refractivity contribution in [2.24, 2.45) is 0 Å². The Kier molecular flexibility index (Phi) is 7.75. The maximum atomic E-state index is 13.2. The minimum absolute atomic E-state index is 0.0255. The van der Waals surface area contributed by atoms with Crippen molar-refractivity contribution in [3.05, 3.63) is 106 Å². The molecule has 0 unspecified atom stereocenters. The molecule has 0 heterocycles. The summed E-state index contributed by atoms with van der Waals surface area (Å²) in [5.41, 5.74) is 1.47. The van der Waals surface area contributed by atoms with E-state index in [1.54, 1.807) is 4.90 Å². The quantitative estimate of drug-likeness (QED) is 0.274. The lowest BCUT2D eigenvalue weighted by Crippen LogP contribution is -2.39. The molecule has 0 aliphatic rings. The summed E-state index contributed by atoms with van der Waals surface area (Å²) in [5, 5.41) is 11.2. The van der Waals surface area contributed by atoms with E-state index in [1.807, 2.05) is 60.7 Å². The van der Waals surface area contributed by atoms with Gasteiger partial charge in [-0.3, -0.25) is 14.9 Å². The molecule has 8 heteroatoms. The van der Waals surface area contributed by atoms with E-state index in [-0.39, 0.29) is 22.9 Å². The largest absolute Gasteiger partial charge is 0.490 e. The van der Waals surface area contributed by atoms with Crippen molar-refractivity contribution in [3.8, 4) is 5.75 Å². The number of amides is 1. The zero-order valence-electron chi connectivity index (χ0n) is 18.3. The summed E-state index contributed by atoms with van der Waals surface area (Å²) < 4.78 is 10.3. The van der Waals surface area contributed by atoms with E-state index in [4.69, 9.17) is 9.47 Å². The maximum absolute atomic E-state index is 13.2. The number of benzene rings is 3. The van der Waals surface area contributed by atoms with Gasteiger partial charge in [-0.2, -0.15) is 0 Å². The summed E-state index contributed by atoms with van der Waals surface area (Å²) in [6, 6.07) is 22.8. The van der Waals surface area contributed by atoms with Crippen LogP contribution >= 0.6 is 0 Å². The fourth-order valence-electron chi connectivity index (χ4n) is 3.32. The molecule has 0 aliphatic carbocycles. The summed E-state index contributed by atoms with van der Waals surface area (Å²) in [4.78, 5) is 38.0. The minimum Gasteiger partial charge on any atom is -0.490 e. The van der Waals surface area contributed by atoms with Gasteiger partial charge in [-0.15, -0.1) is 0 Å². The Morgan fingerprint density at radius 2 is 1.48 bits per heavy atom. The summed E-state index contributed by atoms with van der Waals surface area (Å²) in [5.74, 6) is -1.18. The van der Waals surface area contributed by atoms with Gasteiger partial charge in [0.25, 0.3) is 5.91 Å². The SMILES string of the molecule is COc1ccc(C(=O)O[C@H](C)C(=O)N(Cc2ccccc2)Cc2ccccc2)cc1[N+](=O)[O-]. The molecule has 3 rings (SSSR count). The van der Waals surface area contributed by atoms with E-state index in [2.05, 4.69) is 0 Å². The van der Waals surface area contributed by atoms with Crippen molar-refractivity contribution in [1.82, 2.24) is 4.90 Å². The predicted molar refractivity (Wildman–Crippen MR) is 122 cm³/mol. The number of nitrogens with zero attached hydrogens (tertiary/aromatic N) is 2. The number of hydrogen-bond acceptors (Lipinski definition) is 6. The molecule has 0 spiro atoms. The third kappa shape index (κ3) is 6.16. The second kappa shape index (κ2) is 10.9. The highest BCUT2D eigenvalue weighted by atomic mass is 16.6. The molecule has 1 atom stereocenters. The maximum Gasteiger partial charge on any atom is 0.339 e. The van der Waals surface area contributed by atoms with Crippen LogP contribution in [0.25, 0.3) is 0 Å². The monoisotopic (exact) mass is 448 g/mol. The Morgan fingerprint density at radius 3 is 1.97 bits per heavy atom. The fourth-order valence-corrected chi connectivity index (χ4v) is 3.32. The predicted octanol–water partition coefficient (Wildman–Crippen LogP) is 4.38. The van der Waals surface area contributed by atoms with Crippen LogP contribution in [0.2, 0.25) is 0 Å². The van der Waals surface area contributed by atoms with Gasteiger partial charge in [0.1, 0.15) is 0 Å². The number of ether oxygens (including phenoxy) is 2.